The maximum absolute atomic E-state index is 12.5. The van der Waals surface area contributed by atoms with Gasteiger partial charge in [-0.1, -0.05) is 36.4 Å². The van der Waals surface area contributed by atoms with Crippen LogP contribution in [0.5, 0.6) is 0 Å². The van der Waals surface area contributed by atoms with E-state index >= 15 is 0 Å². The van der Waals surface area contributed by atoms with Gasteiger partial charge in [0.15, 0.2) is 0 Å². The number of pyridine rings is 1. The number of esters is 1. The maximum atomic E-state index is 12.5. The summed E-state index contributed by atoms with van der Waals surface area (Å²) in [6.45, 7) is 3.42. The van der Waals surface area contributed by atoms with E-state index in [1.54, 1.807) is 6.20 Å². The van der Waals surface area contributed by atoms with Crippen molar-refractivity contribution < 1.29 is 9.53 Å². The second-order valence-electron chi connectivity index (χ2n) is 6.70. The number of aromatic nitrogens is 3. The first-order valence-electron chi connectivity index (χ1n) is 9.42. The molecule has 2 atom stereocenters. The molecule has 4 rings (SSSR count). The van der Waals surface area contributed by atoms with Crippen LogP contribution in [0.4, 0.5) is 0 Å². The minimum Gasteiger partial charge on any atom is -0.465 e. The van der Waals surface area contributed by atoms with Crippen LogP contribution in [-0.4, -0.2) is 39.7 Å². The van der Waals surface area contributed by atoms with Gasteiger partial charge >= 0.3 is 5.97 Å². The Labute approximate surface area is 163 Å². The Bertz CT molecular complexity index is 926. The lowest BCUT2D eigenvalue weighted by atomic mass is 9.94. The molecule has 2 aromatic heterocycles. The van der Waals surface area contributed by atoms with Gasteiger partial charge in [-0.25, -0.2) is 10.4 Å². The SMILES string of the molecule is CCOC(=O)C1NNCC1c1c(-c2ccccc2)ncn1Cc1cccnc1. The Morgan fingerprint density at radius 2 is 2.11 bits per heavy atom. The van der Waals surface area contributed by atoms with E-state index in [9.17, 15) is 4.79 Å². The summed E-state index contributed by atoms with van der Waals surface area (Å²) in [5.41, 5.74) is 10.2. The molecule has 0 saturated carbocycles. The number of nitrogens with one attached hydrogen (secondary N) is 2. The smallest absolute Gasteiger partial charge is 0.325 e. The molecule has 0 radical (unpaired) electrons. The van der Waals surface area contributed by atoms with Gasteiger partial charge in [0, 0.05) is 30.4 Å². The minimum absolute atomic E-state index is 0.103. The number of ether oxygens (including phenoxy) is 1. The third-order valence-corrected chi connectivity index (χ3v) is 4.87. The van der Waals surface area contributed by atoms with Gasteiger partial charge in [0.05, 0.1) is 30.9 Å². The Morgan fingerprint density at radius 3 is 2.86 bits per heavy atom. The molecule has 0 bridgehead atoms. The first-order valence-corrected chi connectivity index (χ1v) is 9.42. The molecule has 3 aromatic rings. The van der Waals surface area contributed by atoms with Crippen LogP contribution in [0, 0.1) is 0 Å². The molecule has 1 aromatic carbocycles. The normalized spacial score (nSPS) is 18.9. The Kier molecular flexibility index (Phi) is 5.45. The van der Waals surface area contributed by atoms with Crippen LogP contribution in [-0.2, 0) is 16.1 Å². The Morgan fingerprint density at radius 1 is 1.25 bits per heavy atom. The fourth-order valence-electron chi connectivity index (χ4n) is 3.62. The van der Waals surface area contributed by atoms with Gasteiger partial charge in [-0.05, 0) is 18.6 Å². The van der Waals surface area contributed by atoms with Crippen LogP contribution >= 0.6 is 0 Å². The van der Waals surface area contributed by atoms with Gasteiger partial charge in [0.25, 0.3) is 0 Å². The van der Waals surface area contributed by atoms with Crippen molar-refractivity contribution in [1.82, 2.24) is 25.4 Å². The molecule has 28 heavy (non-hydrogen) atoms. The standard InChI is InChI=1S/C21H23N5O2/c1-2-28-21(27)19-17(12-24-25-19)20-18(16-8-4-3-5-9-16)23-14-26(20)13-15-7-6-10-22-11-15/h3-11,14,17,19,24-25H,2,12-13H2,1H3. The zero-order valence-electron chi connectivity index (χ0n) is 15.7. The highest BCUT2D eigenvalue weighted by Crippen LogP contribution is 2.32. The van der Waals surface area contributed by atoms with E-state index in [0.29, 0.717) is 19.7 Å². The van der Waals surface area contributed by atoms with Crippen LogP contribution in [0.3, 0.4) is 0 Å². The lowest BCUT2D eigenvalue weighted by molar-refractivity contribution is -0.145. The van der Waals surface area contributed by atoms with E-state index in [4.69, 9.17) is 9.72 Å². The number of hydrogen-bond acceptors (Lipinski definition) is 6. The summed E-state index contributed by atoms with van der Waals surface area (Å²) in [6, 6.07) is 13.5. The average Bonchev–Trinajstić information content (AvgIpc) is 3.36. The van der Waals surface area contributed by atoms with Crippen LogP contribution in [0.2, 0.25) is 0 Å². The van der Waals surface area contributed by atoms with E-state index in [-0.39, 0.29) is 11.9 Å². The van der Waals surface area contributed by atoms with Crippen molar-refractivity contribution in [1.29, 1.82) is 0 Å². The van der Waals surface area contributed by atoms with Gasteiger partial charge < -0.3 is 9.30 Å². The molecule has 7 nitrogen and oxygen atoms in total. The van der Waals surface area contributed by atoms with Crippen molar-refractivity contribution in [3.05, 3.63) is 72.4 Å². The van der Waals surface area contributed by atoms with Crippen molar-refractivity contribution in [2.75, 3.05) is 13.2 Å². The quantitative estimate of drug-likeness (QED) is 0.641. The largest absolute Gasteiger partial charge is 0.465 e. The fraction of sp³-hybridized carbons (Fsp3) is 0.286. The first kappa shape index (κ1) is 18.3. The van der Waals surface area contributed by atoms with Crippen molar-refractivity contribution >= 4 is 5.97 Å². The summed E-state index contributed by atoms with van der Waals surface area (Å²) in [5, 5.41) is 0. The third-order valence-electron chi connectivity index (χ3n) is 4.87. The van der Waals surface area contributed by atoms with Gasteiger partial charge in [-0.2, -0.15) is 0 Å². The molecule has 2 unspecified atom stereocenters. The highest BCUT2D eigenvalue weighted by molar-refractivity contribution is 5.78. The molecule has 1 aliphatic rings. The minimum atomic E-state index is -0.466. The molecule has 1 fully saturated rings. The number of nitrogens with zero attached hydrogens (tertiary/aromatic N) is 3. The van der Waals surface area contributed by atoms with E-state index in [2.05, 4.69) is 20.4 Å². The lowest BCUT2D eigenvalue weighted by Gasteiger charge is -2.20. The van der Waals surface area contributed by atoms with Crippen LogP contribution in [0.1, 0.15) is 24.1 Å². The van der Waals surface area contributed by atoms with Gasteiger partial charge in [-0.15, -0.1) is 0 Å². The number of hydrazine groups is 1. The molecule has 3 heterocycles. The summed E-state index contributed by atoms with van der Waals surface area (Å²) >= 11 is 0. The number of rotatable bonds is 6. The molecular weight excluding hydrogens is 354 g/mol. The zero-order chi connectivity index (χ0) is 19.3. The van der Waals surface area contributed by atoms with Gasteiger partial charge in [-0.3, -0.25) is 15.2 Å². The van der Waals surface area contributed by atoms with Gasteiger partial charge in [0.1, 0.15) is 6.04 Å². The summed E-state index contributed by atoms with van der Waals surface area (Å²) in [4.78, 5) is 21.4. The van der Waals surface area contributed by atoms with Gasteiger partial charge in [0.2, 0.25) is 0 Å². The summed E-state index contributed by atoms with van der Waals surface area (Å²) in [7, 11) is 0. The molecule has 144 valence electrons. The van der Waals surface area contributed by atoms with E-state index in [1.165, 1.54) is 0 Å². The Balaban J connectivity index is 1.76. The lowest BCUT2D eigenvalue weighted by Crippen LogP contribution is -2.39. The second-order valence-corrected chi connectivity index (χ2v) is 6.70. The molecular formula is C21H23N5O2. The number of carbonyl (C=O) groups excluding carboxylic acids is 1. The van der Waals surface area contributed by atoms with Crippen molar-refractivity contribution in [2.24, 2.45) is 0 Å². The molecule has 1 saturated heterocycles. The van der Waals surface area contributed by atoms with Crippen molar-refractivity contribution in [3.63, 3.8) is 0 Å². The summed E-state index contributed by atoms with van der Waals surface area (Å²) in [5.74, 6) is -0.362. The van der Waals surface area contributed by atoms with Crippen LogP contribution in [0.15, 0.2) is 61.2 Å². The maximum Gasteiger partial charge on any atom is 0.325 e. The third kappa shape index (κ3) is 3.67. The van der Waals surface area contributed by atoms with E-state index in [1.807, 2.05) is 61.9 Å². The number of benzene rings is 1. The highest BCUT2D eigenvalue weighted by atomic mass is 16.5. The molecule has 1 aliphatic heterocycles. The predicted molar refractivity (Wildman–Crippen MR) is 105 cm³/mol. The number of hydrogen-bond donors (Lipinski definition) is 2. The monoisotopic (exact) mass is 377 g/mol. The van der Waals surface area contributed by atoms with Crippen molar-refractivity contribution in [2.45, 2.75) is 25.4 Å². The van der Waals surface area contributed by atoms with E-state index in [0.717, 1.165) is 22.5 Å². The average molecular weight is 377 g/mol. The second kappa shape index (κ2) is 8.33. The molecule has 0 amide bonds. The molecule has 7 heteroatoms. The van der Waals surface area contributed by atoms with Crippen LogP contribution < -0.4 is 10.9 Å². The molecule has 0 spiro atoms. The van der Waals surface area contributed by atoms with E-state index < -0.39 is 6.04 Å². The van der Waals surface area contributed by atoms with Crippen molar-refractivity contribution in [3.8, 4) is 11.3 Å². The molecule has 2 N–H and O–H groups in total. The highest BCUT2D eigenvalue weighted by Gasteiger charge is 2.38. The number of carbonyl (C=O) groups is 1. The topological polar surface area (TPSA) is 81.1 Å². The van der Waals surface area contributed by atoms with Crippen LogP contribution in [0.25, 0.3) is 11.3 Å². The summed E-state index contributed by atoms with van der Waals surface area (Å²) < 4.78 is 7.38. The number of imidazole rings is 1. The molecule has 0 aliphatic carbocycles. The zero-order valence-corrected chi connectivity index (χ0v) is 15.7. The predicted octanol–water partition coefficient (Wildman–Crippen LogP) is 2.12. The summed E-state index contributed by atoms with van der Waals surface area (Å²) in [6.07, 6.45) is 5.44. The first-order chi connectivity index (χ1) is 13.8. The Hall–Kier alpha value is -3.03. The fourth-order valence-corrected chi connectivity index (χ4v) is 3.62.